The molecule has 1 aromatic carbocycles. The van der Waals surface area contributed by atoms with E-state index in [1.165, 1.54) is 5.56 Å². The van der Waals surface area contributed by atoms with E-state index in [9.17, 15) is 4.79 Å². The molecule has 0 saturated carbocycles. The predicted octanol–water partition coefficient (Wildman–Crippen LogP) is 2.24. The summed E-state index contributed by atoms with van der Waals surface area (Å²) in [5.74, 6) is 0.258. The Bertz CT molecular complexity index is 409. The van der Waals surface area contributed by atoms with Crippen LogP contribution in [0.5, 0.6) is 0 Å². The molecule has 3 nitrogen and oxygen atoms in total. The first-order valence-corrected chi connectivity index (χ1v) is 6.25. The highest BCUT2D eigenvalue weighted by atomic mass is 16.1. The van der Waals surface area contributed by atoms with E-state index >= 15 is 0 Å². The van der Waals surface area contributed by atoms with E-state index in [1.54, 1.807) is 0 Å². The van der Waals surface area contributed by atoms with Gasteiger partial charge in [-0.15, -0.1) is 0 Å². The molecule has 1 fully saturated rings. The summed E-state index contributed by atoms with van der Waals surface area (Å²) in [7, 11) is 0. The van der Waals surface area contributed by atoms with Crippen LogP contribution in [0.25, 0.3) is 0 Å². The molecule has 0 bridgehead atoms. The maximum Gasteiger partial charge on any atom is 0.228 e. The van der Waals surface area contributed by atoms with Gasteiger partial charge in [0.25, 0.3) is 0 Å². The minimum atomic E-state index is 0.115. The molecule has 0 radical (unpaired) electrons. The molecule has 3 heteroatoms. The second-order valence-corrected chi connectivity index (χ2v) is 4.85. The van der Waals surface area contributed by atoms with Gasteiger partial charge < -0.3 is 10.6 Å². The van der Waals surface area contributed by atoms with Gasteiger partial charge in [-0.25, -0.2) is 0 Å². The summed E-state index contributed by atoms with van der Waals surface area (Å²) in [6.45, 7) is 5.93. The molecule has 1 heterocycles. The van der Waals surface area contributed by atoms with E-state index in [1.807, 2.05) is 19.1 Å². The molecule has 1 amide bonds. The second-order valence-electron chi connectivity index (χ2n) is 4.85. The lowest BCUT2D eigenvalue weighted by molar-refractivity contribution is -0.120. The lowest BCUT2D eigenvalue weighted by atomic mass is 9.98. The number of hydrogen-bond donors (Lipinski definition) is 2. The Labute approximate surface area is 103 Å². The Kier molecular flexibility index (Phi) is 3.79. The number of carbonyl (C=O) groups is 1. The van der Waals surface area contributed by atoms with Crippen molar-refractivity contribution in [1.29, 1.82) is 0 Å². The van der Waals surface area contributed by atoms with Gasteiger partial charge in [-0.1, -0.05) is 17.7 Å². The number of carbonyl (C=O) groups excluding carboxylic acids is 1. The quantitative estimate of drug-likeness (QED) is 0.821. The van der Waals surface area contributed by atoms with E-state index < -0.39 is 0 Å². The Hall–Kier alpha value is -1.35. The van der Waals surface area contributed by atoms with Crippen LogP contribution in [0.1, 0.15) is 24.0 Å². The number of rotatable bonds is 2. The number of piperidine rings is 1. The summed E-state index contributed by atoms with van der Waals surface area (Å²) in [4.78, 5) is 12.1. The van der Waals surface area contributed by atoms with Crippen molar-refractivity contribution in [2.24, 2.45) is 5.92 Å². The number of hydrogen-bond acceptors (Lipinski definition) is 2. The van der Waals surface area contributed by atoms with Crippen LogP contribution < -0.4 is 10.6 Å². The first-order chi connectivity index (χ1) is 8.16. The molecule has 1 aliphatic heterocycles. The van der Waals surface area contributed by atoms with E-state index in [0.29, 0.717) is 0 Å². The lowest BCUT2D eigenvalue weighted by Gasteiger charge is -2.22. The van der Waals surface area contributed by atoms with E-state index in [4.69, 9.17) is 0 Å². The molecule has 0 aromatic heterocycles. The molecule has 1 aromatic rings. The fourth-order valence-corrected chi connectivity index (χ4v) is 2.26. The monoisotopic (exact) mass is 232 g/mol. The van der Waals surface area contributed by atoms with Gasteiger partial charge in [-0.3, -0.25) is 4.79 Å². The lowest BCUT2D eigenvalue weighted by Crippen LogP contribution is -2.37. The summed E-state index contributed by atoms with van der Waals surface area (Å²) in [5.41, 5.74) is 3.29. The maximum absolute atomic E-state index is 12.1. The minimum Gasteiger partial charge on any atom is -0.326 e. The molecule has 17 heavy (non-hydrogen) atoms. The Morgan fingerprint density at radius 2 is 2.24 bits per heavy atom. The van der Waals surface area contributed by atoms with Crippen molar-refractivity contribution in [2.45, 2.75) is 26.7 Å². The number of nitrogens with one attached hydrogen (secondary N) is 2. The van der Waals surface area contributed by atoms with Crippen LogP contribution in [0.15, 0.2) is 18.2 Å². The number of amides is 1. The normalized spacial score (nSPS) is 20.0. The highest BCUT2D eigenvalue weighted by Gasteiger charge is 2.21. The third-order valence-electron chi connectivity index (χ3n) is 3.31. The molecule has 2 N–H and O–H groups in total. The number of benzene rings is 1. The minimum absolute atomic E-state index is 0.115. The van der Waals surface area contributed by atoms with Crippen LogP contribution in [0, 0.1) is 19.8 Å². The summed E-state index contributed by atoms with van der Waals surface area (Å²) in [6.07, 6.45) is 2.08. The van der Waals surface area contributed by atoms with Crippen molar-refractivity contribution >= 4 is 11.6 Å². The van der Waals surface area contributed by atoms with Crippen LogP contribution in [-0.2, 0) is 4.79 Å². The molecule has 0 aliphatic carbocycles. The summed E-state index contributed by atoms with van der Waals surface area (Å²) in [6, 6.07) is 6.11. The van der Waals surface area contributed by atoms with E-state index in [-0.39, 0.29) is 11.8 Å². The van der Waals surface area contributed by atoms with Gasteiger partial charge in [-0.2, -0.15) is 0 Å². The summed E-state index contributed by atoms with van der Waals surface area (Å²) < 4.78 is 0. The number of anilines is 1. The van der Waals surface area contributed by atoms with Crippen LogP contribution >= 0.6 is 0 Å². The smallest absolute Gasteiger partial charge is 0.228 e. The third-order valence-corrected chi connectivity index (χ3v) is 3.31. The van der Waals surface area contributed by atoms with E-state index in [0.717, 1.165) is 37.2 Å². The average molecular weight is 232 g/mol. The molecule has 1 aliphatic rings. The van der Waals surface area contributed by atoms with Crippen molar-refractivity contribution in [3.63, 3.8) is 0 Å². The van der Waals surface area contributed by atoms with Gasteiger partial charge in [0, 0.05) is 12.2 Å². The van der Waals surface area contributed by atoms with Crippen molar-refractivity contribution in [1.82, 2.24) is 5.32 Å². The topological polar surface area (TPSA) is 41.1 Å². The molecule has 92 valence electrons. The largest absolute Gasteiger partial charge is 0.326 e. The maximum atomic E-state index is 12.1. The molecule has 1 unspecified atom stereocenters. The highest BCUT2D eigenvalue weighted by molar-refractivity contribution is 5.93. The zero-order chi connectivity index (χ0) is 12.3. The molecule has 1 saturated heterocycles. The zero-order valence-electron chi connectivity index (χ0n) is 10.5. The fourth-order valence-electron chi connectivity index (χ4n) is 2.26. The van der Waals surface area contributed by atoms with Gasteiger partial charge in [0.1, 0.15) is 0 Å². The third kappa shape index (κ3) is 3.07. The molecule has 0 spiro atoms. The summed E-state index contributed by atoms with van der Waals surface area (Å²) >= 11 is 0. The zero-order valence-corrected chi connectivity index (χ0v) is 10.5. The standard InChI is InChI=1S/C14H20N2O/c1-10-5-6-13(11(2)8-10)16-14(17)12-4-3-7-15-9-12/h5-6,8,12,15H,3-4,7,9H2,1-2H3,(H,16,17). The first kappa shape index (κ1) is 12.1. The fraction of sp³-hybridized carbons (Fsp3) is 0.500. The highest BCUT2D eigenvalue weighted by Crippen LogP contribution is 2.18. The van der Waals surface area contributed by atoms with Gasteiger partial charge in [-0.05, 0) is 44.9 Å². The first-order valence-electron chi connectivity index (χ1n) is 6.25. The average Bonchev–Trinajstić information content (AvgIpc) is 2.34. The Morgan fingerprint density at radius 3 is 2.88 bits per heavy atom. The van der Waals surface area contributed by atoms with Gasteiger partial charge in [0.2, 0.25) is 5.91 Å². The summed E-state index contributed by atoms with van der Waals surface area (Å²) in [5, 5.41) is 6.29. The molecular weight excluding hydrogens is 212 g/mol. The van der Waals surface area contributed by atoms with Crippen molar-refractivity contribution in [2.75, 3.05) is 18.4 Å². The Morgan fingerprint density at radius 1 is 1.41 bits per heavy atom. The van der Waals surface area contributed by atoms with Crippen molar-refractivity contribution in [3.05, 3.63) is 29.3 Å². The van der Waals surface area contributed by atoms with E-state index in [2.05, 4.69) is 23.6 Å². The van der Waals surface area contributed by atoms with Gasteiger partial charge in [0.05, 0.1) is 5.92 Å². The Balaban J connectivity index is 2.02. The van der Waals surface area contributed by atoms with Crippen LogP contribution in [0.4, 0.5) is 5.69 Å². The van der Waals surface area contributed by atoms with Crippen LogP contribution in [-0.4, -0.2) is 19.0 Å². The van der Waals surface area contributed by atoms with Crippen molar-refractivity contribution < 1.29 is 4.79 Å². The molecule has 1 atom stereocenters. The van der Waals surface area contributed by atoms with Crippen molar-refractivity contribution in [3.8, 4) is 0 Å². The number of aryl methyl sites for hydroxylation is 2. The second kappa shape index (κ2) is 5.32. The van der Waals surface area contributed by atoms with Crippen LogP contribution in [0.3, 0.4) is 0 Å². The van der Waals surface area contributed by atoms with Gasteiger partial charge >= 0.3 is 0 Å². The van der Waals surface area contributed by atoms with Gasteiger partial charge in [0.15, 0.2) is 0 Å². The SMILES string of the molecule is Cc1ccc(NC(=O)C2CCCNC2)c(C)c1. The predicted molar refractivity (Wildman–Crippen MR) is 70.1 cm³/mol. The molecule has 2 rings (SSSR count). The van der Waals surface area contributed by atoms with Crippen LogP contribution in [0.2, 0.25) is 0 Å². The molecular formula is C14H20N2O.